The maximum atomic E-state index is 12.7. The molecule has 2 nitrogen and oxygen atoms in total. The van der Waals surface area contributed by atoms with Crippen LogP contribution in [0, 0.1) is 5.92 Å². The minimum Gasteiger partial charge on any atom is -0.462 e. The van der Waals surface area contributed by atoms with Crippen molar-refractivity contribution in [1.82, 2.24) is 0 Å². The number of carbonyl (C=O) groups is 1. The Morgan fingerprint density at radius 3 is 2.00 bits per heavy atom. The molecule has 0 aromatic heterocycles. The number of esters is 1. The number of ether oxygens (including phenoxy) is 1. The highest BCUT2D eigenvalue weighted by atomic mass is 32.2. The summed E-state index contributed by atoms with van der Waals surface area (Å²) in [7, 11) is 0. The summed E-state index contributed by atoms with van der Waals surface area (Å²) in [6.07, 6.45) is -6.33. The number of rotatable bonds is 10. The van der Waals surface area contributed by atoms with E-state index in [1.54, 1.807) is 13.8 Å². The Balaban J connectivity index is 4.07. The highest BCUT2D eigenvalue weighted by molar-refractivity contribution is 8.00. The van der Waals surface area contributed by atoms with Crippen LogP contribution in [0.2, 0.25) is 0 Å². The van der Waals surface area contributed by atoms with Gasteiger partial charge in [0.15, 0.2) is 0 Å². The fourth-order valence-electron chi connectivity index (χ4n) is 1.81. The van der Waals surface area contributed by atoms with Crippen molar-refractivity contribution in [2.24, 2.45) is 5.92 Å². The third-order valence-electron chi connectivity index (χ3n) is 3.04. The van der Waals surface area contributed by atoms with E-state index in [0.29, 0.717) is 12.2 Å². The second kappa shape index (κ2) is 9.69. The Bertz CT molecular complexity index is 356. The van der Waals surface area contributed by atoms with E-state index in [2.05, 4.69) is 0 Å². The Kier molecular flexibility index (Phi) is 9.47. The van der Waals surface area contributed by atoms with Crippen LogP contribution in [0.1, 0.15) is 53.4 Å². The molecule has 0 bridgehead atoms. The summed E-state index contributed by atoms with van der Waals surface area (Å²) in [5.41, 5.74) is 0. The molecule has 0 heterocycles. The van der Waals surface area contributed by atoms with Crippen LogP contribution in [0.25, 0.3) is 0 Å². The van der Waals surface area contributed by atoms with E-state index in [1.807, 2.05) is 13.8 Å². The topological polar surface area (TPSA) is 26.3 Å². The number of hydrogen-bond donors (Lipinski definition) is 0. The molecule has 1 unspecified atom stereocenters. The van der Waals surface area contributed by atoms with Gasteiger partial charge in [-0.25, -0.2) is 0 Å². The van der Waals surface area contributed by atoms with Gasteiger partial charge in [-0.15, -0.1) is 11.8 Å². The fraction of sp³-hybridized carbons (Fsp3) is 0.933. The Morgan fingerprint density at radius 2 is 1.57 bits per heavy atom. The van der Waals surface area contributed by atoms with Crippen molar-refractivity contribution >= 4 is 17.7 Å². The minimum absolute atomic E-state index is 0.0563. The van der Waals surface area contributed by atoms with Gasteiger partial charge in [0.2, 0.25) is 0 Å². The quantitative estimate of drug-likeness (QED) is 0.293. The molecule has 0 radical (unpaired) electrons. The van der Waals surface area contributed by atoms with Crippen LogP contribution < -0.4 is 0 Å². The molecule has 0 saturated heterocycles. The lowest BCUT2D eigenvalue weighted by molar-refractivity contribution is -0.284. The predicted octanol–water partition coefficient (Wildman–Crippen LogP) is 5.45. The first-order valence-corrected chi connectivity index (χ1v) is 8.70. The van der Waals surface area contributed by atoms with Crippen molar-refractivity contribution in [2.45, 2.75) is 76.8 Å². The summed E-state index contributed by atoms with van der Waals surface area (Å²) < 4.78 is 66.5. The summed E-state index contributed by atoms with van der Waals surface area (Å²) in [6.45, 7) is 7.26. The van der Waals surface area contributed by atoms with Gasteiger partial charge >= 0.3 is 18.1 Å². The molecule has 0 saturated carbocycles. The molecule has 0 amide bonds. The van der Waals surface area contributed by atoms with Crippen molar-refractivity contribution in [3.05, 3.63) is 0 Å². The lowest BCUT2D eigenvalue weighted by Crippen LogP contribution is -2.36. The fourth-order valence-corrected chi connectivity index (χ4v) is 3.01. The molecule has 0 rings (SSSR count). The van der Waals surface area contributed by atoms with Crippen LogP contribution in [0.5, 0.6) is 0 Å². The van der Waals surface area contributed by atoms with E-state index in [9.17, 15) is 26.7 Å². The van der Waals surface area contributed by atoms with Gasteiger partial charge in [0.25, 0.3) is 0 Å². The van der Waals surface area contributed by atoms with Crippen molar-refractivity contribution in [3.63, 3.8) is 0 Å². The highest BCUT2D eigenvalue weighted by Gasteiger charge is 2.56. The zero-order valence-electron chi connectivity index (χ0n) is 13.9. The summed E-state index contributed by atoms with van der Waals surface area (Å²) in [5, 5.41) is -0.353. The van der Waals surface area contributed by atoms with Gasteiger partial charge in [-0.2, -0.15) is 22.0 Å². The predicted molar refractivity (Wildman–Crippen MR) is 81.8 cm³/mol. The number of alkyl halides is 5. The monoisotopic (exact) mass is 364 g/mol. The van der Waals surface area contributed by atoms with Gasteiger partial charge in [0.1, 0.15) is 5.25 Å². The average Bonchev–Trinajstić information content (AvgIpc) is 2.34. The molecule has 8 heteroatoms. The highest BCUT2D eigenvalue weighted by Crippen LogP contribution is 2.39. The lowest BCUT2D eigenvalue weighted by Gasteiger charge is -2.21. The van der Waals surface area contributed by atoms with Gasteiger partial charge in [-0.3, -0.25) is 4.79 Å². The molecule has 0 N–H and O–H groups in total. The number of thioether (sulfide) groups is 1. The first kappa shape index (κ1) is 22.5. The molecule has 0 aromatic rings. The van der Waals surface area contributed by atoms with Gasteiger partial charge < -0.3 is 4.74 Å². The van der Waals surface area contributed by atoms with Crippen LogP contribution in [-0.2, 0) is 9.53 Å². The maximum Gasteiger partial charge on any atom is 0.453 e. The molecule has 1 atom stereocenters. The second-order valence-corrected chi connectivity index (χ2v) is 7.28. The number of halogens is 5. The molecule has 138 valence electrons. The summed E-state index contributed by atoms with van der Waals surface area (Å²) in [6, 6.07) is 0. The largest absolute Gasteiger partial charge is 0.462 e. The number of unbranched alkanes of at least 4 members (excludes halogenated alkanes) is 2. The third kappa shape index (κ3) is 8.77. The van der Waals surface area contributed by atoms with Crippen LogP contribution in [0.3, 0.4) is 0 Å². The van der Waals surface area contributed by atoms with Crippen LogP contribution in [0.15, 0.2) is 0 Å². The van der Waals surface area contributed by atoms with E-state index in [0.717, 1.165) is 0 Å². The molecule has 0 aromatic carbocycles. The standard InChI is InChI=1S/C15H25F5O2S/c1-10(2)12(13(21)22-11(3)4)23-9-7-5-6-8-14(16,17)15(18,19)20/h10-12H,5-9H2,1-4H3. The molecular weight excluding hydrogens is 339 g/mol. The first-order valence-electron chi connectivity index (χ1n) is 7.65. The average molecular weight is 364 g/mol. The number of carbonyl (C=O) groups excluding carboxylic acids is 1. The molecule has 0 aliphatic carbocycles. The van der Waals surface area contributed by atoms with E-state index < -0.39 is 18.5 Å². The normalized spacial score (nSPS) is 14.4. The summed E-state index contributed by atoms with van der Waals surface area (Å²) in [5.74, 6) is -4.36. The van der Waals surface area contributed by atoms with Gasteiger partial charge in [0, 0.05) is 6.42 Å². The van der Waals surface area contributed by atoms with E-state index >= 15 is 0 Å². The number of hydrogen-bond acceptors (Lipinski definition) is 3. The SMILES string of the molecule is CC(C)OC(=O)C(SCCCCCC(F)(F)C(F)(F)F)C(C)C. The molecule has 0 fully saturated rings. The molecule has 0 aliphatic heterocycles. The minimum atomic E-state index is -5.48. The Morgan fingerprint density at radius 1 is 1.00 bits per heavy atom. The van der Waals surface area contributed by atoms with Crippen molar-refractivity contribution in [2.75, 3.05) is 5.75 Å². The van der Waals surface area contributed by atoms with E-state index in [4.69, 9.17) is 4.74 Å². The van der Waals surface area contributed by atoms with Crippen LogP contribution >= 0.6 is 11.8 Å². The lowest BCUT2D eigenvalue weighted by atomic mass is 10.1. The van der Waals surface area contributed by atoms with Crippen molar-refractivity contribution < 1.29 is 31.5 Å². The molecule has 23 heavy (non-hydrogen) atoms. The summed E-state index contributed by atoms with van der Waals surface area (Å²) in [4.78, 5) is 11.9. The van der Waals surface area contributed by atoms with E-state index in [1.165, 1.54) is 11.8 Å². The Labute approximate surface area is 138 Å². The van der Waals surface area contributed by atoms with Crippen molar-refractivity contribution in [1.29, 1.82) is 0 Å². The molecular formula is C15H25F5O2S. The smallest absolute Gasteiger partial charge is 0.453 e. The molecule has 0 spiro atoms. The van der Waals surface area contributed by atoms with Gasteiger partial charge in [0.05, 0.1) is 6.10 Å². The molecule has 0 aliphatic rings. The van der Waals surface area contributed by atoms with Crippen LogP contribution in [-0.4, -0.2) is 35.2 Å². The third-order valence-corrected chi connectivity index (χ3v) is 4.66. The van der Waals surface area contributed by atoms with Crippen molar-refractivity contribution in [3.8, 4) is 0 Å². The zero-order chi connectivity index (χ0) is 18.3. The van der Waals surface area contributed by atoms with Crippen LogP contribution in [0.4, 0.5) is 22.0 Å². The van der Waals surface area contributed by atoms with Gasteiger partial charge in [-0.05, 0) is 38.4 Å². The first-order chi connectivity index (χ1) is 10.4. The Hall–Kier alpha value is -0.530. The van der Waals surface area contributed by atoms with Gasteiger partial charge in [-0.1, -0.05) is 20.3 Å². The second-order valence-electron chi connectivity index (χ2n) is 6.03. The zero-order valence-corrected chi connectivity index (χ0v) is 14.7. The van der Waals surface area contributed by atoms with E-state index in [-0.39, 0.29) is 36.1 Å². The maximum absolute atomic E-state index is 12.7. The summed E-state index contributed by atoms with van der Waals surface area (Å²) >= 11 is 1.36.